The highest BCUT2D eigenvalue weighted by Crippen LogP contribution is 2.28. The van der Waals surface area contributed by atoms with Crippen LogP contribution in [0.5, 0.6) is 0 Å². The molecule has 0 bridgehead atoms. The van der Waals surface area contributed by atoms with Gasteiger partial charge in [-0.2, -0.15) is 5.26 Å². The van der Waals surface area contributed by atoms with Crippen LogP contribution in [0.2, 0.25) is 0 Å². The summed E-state index contributed by atoms with van der Waals surface area (Å²) in [7, 11) is 0. The largest absolute Gasteiger partial charge is 0.481 e. The quantitative estimate of drug-likeness (QED) is 0.921. The Morgan fingerprint density at radius 3 is 3.00 bits per heavy atom. The van der Waals surface area contributed by atoms with Crippen molar-refractivity contribution in [3.05, 3.63) is 35.0 Å². The van der Waals surface area contributed by atoms with Crippen LogP contribution in [-0.4, -0.2) is 21.0 Å². The number of carboxylic acid groups (broad SMARTS) is 1. The van der Waals surface area contributed by atoms with Gasteiger partial charge < -0.3 is 5.11 Å². The number of thiazole rings is 1. The van der Waals surface area contributed by atoms with Gasteiger partial charge in [0, 0.05) is 11.6 Å². The van der Waals surface area contributed by atoms with Crippen molar-refractivity contribution in [1.29, 1.82) is 5.26 Å². The second kappa shape index (κ2) is 5.62. The predicted molar refractivity (Wildman–Crippen MR) is 66.5 cm³/mol. The molecular weight excluding hydrogens is 270 g/mol. The van der Waals surface area contributed by atoms with Crippen molar-refractivity contribution in [3.8, 4) is 6.07 Å². The summed E-state index contributed by atoms with van der Waals surface area (Å²) < 4.78 is 0.739. The van der Waals surface area contributed by atoms with Crippen molar-refractivity contribution < 1.29 is 9.90 Å². The number of aromatic nitrogens is 2. The first-order valence-electron chi connectivity index (χ1n) is 4.87. The van der Waals surface area contributed by atoms with Gasteiger partial charge in [-0.05, 0) is 23.9 Å². The molecule has 0 aliphatic carbocycles. The number of aliphatic carboxylic acids is 1. The second-order valence-electron chi connectivity index (χ2n) is 3.27. The summed E-state index contributed by atoms with van der Waals surface area (Å²) in [6.45, 7) is 0. The molecule has 0 fully saturated rings. The van der Waals surface area contributed by atoms with Crippen LogP contribution in [-0.2, 0) is 11.2 Å². The lowest BCUT2D eigenvalue weighted by atomic mass is 10.3. The molecule has 1 N–H and O–H groups in total. The van der Waals surface area contributed by atoms with Crippen LogP contribution in [0.1, 0.15) is 11.3 Å². The lowest BCUT2D eigenvalue weighted by molar-refractivity contribution is -0.136. The van der Waals surface area contributed by atoms with Gasteiger partial charge in [-0.25, -0.2) is 9.97 Å². The molecule has 0 atom stereocenters. The van der Waals surface area contributed by atoms with Gasteiger partial charge in [0.25, 0.3) is 0 Å². The summed E-state index contributed by atoms with van der Waals surface area (Å²) in [5.41, 5.74) is 1.05. The van der Waals surface area contributed by atoms with Gasteiger partial charge in [-0.15, -0.1) is 11.3 Å². The molecule has 2 aromatic rings. The Kier molecular flexibility index (Phi) is 3.92. The molecule has 0 spiro atoms. The standard InChI is InChI=1S/C11H7N3O2S2/c12-4-7-1-2-9(13-5-7)18-11-14-8(6-17-11)3-10(15)16/h1-2,5-6H,3H2,(H,15,16). The van der Waals surface area contributed by atoms with Gasteiger partial charge in [-0.3, -0.25) is 4.79 Å². The summed E-state index contributed by atoms with van der Waals surface area (Å²) in [4.78, 5) is 18.8. The normalized spacial score (nSPS) is 9.94. The Labute approximate surface area is 111 Å². The Hall–Kier alpha value is -1.91. The molecule has 0 radical (unpaired) electrons. The first-order valence-corrected chi connectivity index (χ1v) is 6.57. The number of nitrogens with zero attached hydrogens (tertiary/aromatic N) is 3. The highest BCUT2D eigenvalue weighted by atomic mass is 32.2. The molecule has 18 heavy (non-hydrogen) atoms. The second-order valence-corrected chi connectivity index (χ2v) is 5.40. The molecule has 0 amide bonds. The van der Waals surface area contributed by atoms with Crippen molar-refractivity contribution in [2.75, 3.05) is 0 Å². The molecule has 2 heterocycles. The van der Waals surface area contributed by atoms with Crippen molar-refractivity contribution in [3.63, 3.8) is 0 Å². The van der Waals surface area contributed by atoms with E-state index in [0.717, 1.165) is 9.37 Å². The minimum atomic E-state index is -0.895. The predicted octanol–water partition coefficient (Wildman–Crippen LogP) is 2.19. The lowest BCUT2D eigenvalue weighted by Gasteiger charge is -1.95. The van der Waals surface area contributed by atoms with E-state index in [9.17, 15) is 4.79 Å². The average Bonchev–Trinajstić information content (AvgIpc) is 2.76. The molecule has 0 unspecified atom stereocenters. The lowest BCUT2D eigenvalue weighted by Crippen LogP contribution is -1.99. The summed E-state index contributed by atoms with van der Waals surface area (Å²) >= 11 is 2.73. The van der Waals surface area contributed by atoms with E-state index in [2.05, 4.69) is 9.97 Å². The SMILES string of the molecule is N#Cc1ccc(Sc2nc(CC(=O)O)cs2)nc1. The molecule has 2 aromatic heterocycles. The van der Waals surface area contributed by atoms with Crippen LogP contribution in [0.15, 0.2) is 33.1 Å². The first kappa shape index (κ1) is 12.5. The van der Waals surface area contributed by atoms with E-state index in [1.807, 2.05) is 6.07 Å². The van der Waals surface area contributed by atoms with Gasteiger partial charge >= 0.3 is 5.97 Å². The molecule has 0 aliphatic rings. The summed E-state index contributed by atoms with van der Waals surface area (Å²) in [6, 6.07) is 5.41. The maximum absolute atomic E-state index is 10.5. The molecule has 0 saturated heterocycles. The fourth-order valence-corrected chi connectivity index (χ4v) is 2.89. The Balaban J connectivity index is 2.06. The molecule has 2 rings (SSSR count). The summed E-state index contributed by atoms with van der Waals surface area (Å²) in [5.74, 6) is -0.895. The molecule has 0 aromatic carbocycles. The third kappa shape index (κ3) is 3.29. The average molecular weight is 277 g/mol. The number of rotatable bonds is 4. The van der Waals surface area contributed by atoms with Gasteiger partial charge in [0.15, 0.2) is 4.34 Å². The van der Waals surface area contributed by atoms with Crippen LogP contribution in [0, 0.1) is 11.3 Å². The zero-order chi connectivity index (χ0) is 13.0. The third-order valence-electron chi connectivity index (χ3n) is 1.92. The monoisotopic (exact) mass is 277 g/mol. The van der Waals surface area contributed by atoms with E-state index < -0.39 is 5.97 Å². The number of hydrogen-bond acceptors (Lipinski definition) is 6. The Bertz CT molecular complexity index is 601. The molecule has 0 aliphatic heterocycles. The highest BCUT2D eigenvalue weighted by molar-refractivity contribution is 8.01. The number of hydrogen-bond donors (Lipinski definition) is 1. The van der Waals surface area contributed by atoms with Crippen LogP contribution >= 0.6 is 23.1 Å². The van der Waals surface area contributed by atoms with Gasteiger partial charge in [-0.1, -0.05) is 0 Å². The molecular formula is C11H7N3O2S2. The third-order valence-corrected chi connectivity index (χ3v) is 3.86. The zero-order valence-electron chi connectivity index (χ0n) is 9.03. The smallest absolute Gasteiger partial charge is 0.309 e. The molecule has 0 saturated carbocycles. The van der Waals surface area contributed by atoms with E-state index in [4.69, 9.17) is 10.4 Å². The number of pyridine rings is 1. The molecule has 5 nitrogen and oxygen atoms in total. The van der Waals surface area contributed by atoms with E-state index >= 15 is 0 Å². The van der Waals surface area contributed by atoms with Crippen LogP contribution < -0.4 is 0 Å². The summed E-state index contributed by atoms with van der Waals surface area (Å²) in [6.07, 6.45) is 1.42. The van der Waals surface area contributed by atoms with E-state index in [1.165, 1.54) is 29.3 Å². The number of carbonyl (C=O) groups is 1. The van der Waals surface area contributed by atoms with E-state index in [0.29, 0.717) is 11.3 Å². The minimum Gasteiger partial charge on any atom is -0.481 e. The van der Waals surface area contributed by atoms with Gasteiger partial charge in [0.2, 0.25) is 0 Å². The Morgan fingerprint density at radius 2 is 2.39 bits per heavy atom. The minimum absolute atomic E-state index is 0.0716. The number of carboxylic acids is 1. The van der Waals surface area contributed by atoms with E-state index in [1.54, 1.807) is 17.5 Å². The van der Waals surface area contributed by atoms with Crippen molar-refractivity contribution in [2.45, 2.75) is 15.8 Å². The van der Waals surface area contributed by atoms with Crippen LogP contribution in [0.4, 0.5) is 0 Å². The van der Waals surface area contributed by atoms with Crippen molar-refractivity contribution in [1.82, 2.24) is 9.97 Å². The molecule has 7 heteroatoms. The maximum atomic E-state index is 10.5. The number of nitriles is 1. The fraction of sp³-hybridized carbons (Fsp3) is 0.0909. The van der Waals surface area contributed by atoms with Gasteiger partial charge in [0.1, 0.15) is 11.1 Å². The topological polar surface area (TPSA) is 86.9 Å². The van der Waals surface area contributed by atoms with Crippen LogP contribution in [0.3, 0.4) is 0 Å². The fourth-order valence-electron chi connectivity index (χ4n) is 1.17. The van der Waals surface area contributed by atoms with Crippen molar-refractivity contribution in [2.24, 2.45) is 0 Å². The Morgan fingerprint density at radius 1 is 1.56 bits per heavy atom. The zero-order valence-corrected chi connectivity index (χ0v) is 10.7. The van der Waals surface area contributed by atoms with Crippen LogP contribution in [0.25, 0.3) is 0 Å². The highest BCUT2D eigenvalue weighted by Gasteiger charge is 2.08. The van der Waals surface area contributed by atoms with Gasteiger partial charge in [0.05, 0.1) is 17.7 Å². The van der Waals surface area contributed by atoms with Crippen molar-refractivity contribution >= 4 is 29.1 Å². The summed E-state index contributed by atoms with van der Waals surface area (Å²) in [5, 5.41) is 19.7. The van der Waals surface area contributed by atoms with E-state index in [-0.39, 0.29) is 6.42 Å². The maximum Gasteiger partial charge on any atom is 0.309 e. The molecule has 90 valence electrons. The first-order chi connectivity index (χ1) is 8.67.